The molecule has 0 radical (unpaired) electrons. The van der Waals surface area contributed by atoms with Gasteiger partial charge in [-0.05, 0) is 0 Å². The normalized spacial score (nSPS) is 48.9. The van der Waals surface area contributed by atoms with Crippen LogP contribution in [-0.2, 0) is 9.53 Å². The molecule has 1 aliphatic heterocycles. The van der Waals surface area contributed by atoms with Crippen molar-refractivity contribution < 1.29 is 35.1 Å². The van der Waals surface area contributed by atoms with E-state index in [9.17, 15) is 25.2 Å². The molecule has 0 aromatic carbocycles. The third-order valence-electron chi connectivity index (χ3n) is 2.17. The van der Waals surface area contributed by atoms with Crippen molar-refractivity contribution in [3.63, 3.8) is 0 Å². The Morgan fingerprint density at radius 2 is 1.86 bits per heavy atom. The fourth-order valence-electron chi connectivity index (χ4n) is 1.28. The molecule has 7 nitrogen and oxygen atoms in total. The summed E-state index contributed by atoms with van der Waals surface area (Å²) in [4.78, 5) is 10.4. The summed E-state index contributed by atoms with van der Waals surface area (Å²) in [5.74, 6) is -2.59. The van der Waals surface area contributed by atoms with Crippen molar-refractivity contribution in [3.05, 3.63) is 0 Å². The van der Waals surface area contributed by atoms with Gasteiger partial charge in [0.15, 0.2) is 6.29 Å². The maximum absolute atomic E-state index is 10.4. The number of carbonyl (C=O) groups excluding carboxylic acids is 1. The SMILES string of the molecule is O=C[C@@]1(O)O[C@H](CO)[C@@H](O)[C@H](O)[C@H]1O. The monoisotopic (exact) mass is 208 g/mol. The van der Waals surface area contributed by atoms with Crippen molar-refractivity contribution in [1.82, 2.24) is 0 Å². The second-order valence-corrected chi connectivity index (χ2v) is 3.13. The second kappa shape index (κ2) is 3.89. The minimum atomic E-state index is -2.59. The molecule has 1 saturated heterocycles. The molecule has 14 heavy (non-hydrogen) atoms. The Morgan fingerprint density at radius 3 is 2.29 bits per heavy atom. The highest BCUT2D eigenvalue weighted by molar-refractivity contribution is 5.61. The lowest BCUT2D eigenvalue weighted by molar-refractivity contribution is -0.326. The average molecular weight is 208 g/mol. The molecule has 1 fully saturated rings. The first-order valence-corrected chi connectivity index (χ1v) is 3.98. The number of aliphatic hydroxyl groups is 5. The van der Waals surface area contributed by atoms with Crippen LogP contribution < -0.4 is 0 Å². The molecule has 7 heteroatoms. The zero-order valence-corrected chi connectivity index (χ0v) is 7.15. The Balaban J connectivity index is 2.89. The van der Waals surface area contributed by atoms with E-state index >= 15 is 0 Å². The molecule has 5 N–H and O–H groups in total. The first kappa shape index (κ1) is 11.5. The van der Waals surface area contributed by atoms with Gasteiger partial charge in [-0.25, -0.2) is 0 Å². The van der Waals surface area contributed by atoms with Crippen molar-refractivity contribution in [1.29, 1.82) is 0 Å². The van der Waals surface area contributed by atoms with Crippen LogP contribution in [0.25, 0.3) is 0 Å². The maximum Gasteiger partial charge on any atom is 0.253 e. The predicted octanol–water partition coefficient (Wildman–Crippen LogP) is -3.65. The van der Waals surface area contributed by atoms with Crippen molar-refractivity contribution in [2.24, 2.45) is 0 Å². The van der Waals surface area contributed by atoms with Crippen LogP contribution in [0.15, 0.2) is 0 Å². The average Bonchev–Trinajstić information content (AvgIpc) is 2.20. The van der Waals surface area contributed by atoms with Crippen LogP contribution in [0.1, 0.15) is 0 Å². The lowest BCUT2D eigenvalue weighted by Crippen LogP contribution is -2.65. The minimum absolute atomic E-state index is 0.102. The number of hydrogen-bond donors (Lipinski definition) is 5. The van der Waals surface area contributed by atoms with Crippen molar-refractivity contribution in [2.75, 3.05) is 6.61 Å². The number of ether oxygens (including phenoxy) is 1. The first-order chi connectivity index (χ1) is 6.46. The Labute approximate surface area is 79.2 Å². The van der Waals surface area contributed by atoms with E-state index in [2.05, 4.69) is 4.74 Å². The molecule has 0 aliphatic carbocycles. The van der Waals surface area contributed by atoms with Crippen molar-refractivity contribution in [2.45, 2.75) is 30.2 Å². The summed E-state index contributed by atoms with van der Waals surface area (Å²) in [6, 6.07) is 0. The molecule has 0 aromatic heterocycles. The molecule has 0 spiro atoms. The van der Waals surface area contributed by atoms with Crippen LogP contribution in [0.5, 0.6) is 0 Å². The van der Waals surface area contributed by atoms with Crippen LogP contribution >= 0.6 is 0 Å². The van der Waals surface area contributed by atoms with Gasteiger partial charge in [-0.3, -0.25) is 4.79 Å². The van der Waals surface area contributed by atoms with Gasteiger partial charge in [0.25, 0.3) is 5.79 Å². The molecule has 0 unspecified atom stereocenters. The molecule has 1 rings (SSSR count). The van der Waals surface area contributed by atoms with Crippen LogP contribution in [-0.4, -0.2) is 68.6 Å². The lowest BCUT2D eigenvalue weighted by atomic mass is 9.93. The summed E-state index contributed by atoms with van der Waals surface area (Å²) in [5, 5.41) is 45.6. The Bertz CT molecular complexity index is 218. The smallest absolute Gasteiger partial charge is 0.253 e. The van der Waals surface area contributed by atoms with Gasteiger partial charge in [0, 0.05) is 0 Å². The van der Waals surface area contributed by atoms with E-state index in [1.54, 1.807) is 0 Å². The second-order valence-electron chi connectivity index (χ2n) is 3.13. The summed E-state index contributed by atoms with van der Waals surface area (Å²) in [6.45, 7) is -0.693. The zero-order chi connectivity index (χ0) is 10.9. The lowest BCUT2D eigenvalue weighted by Gasteiger charge is -2.42. The number of hydrogen-bond acceptors (Lipinski definition) is 7. The molecule has 0 saturated carbocycles. The summed E-state index contributed by atoms with van der Waals surface area (Å²) >= 11 is 0. The quantitative estimate of drug-likeness (QED) is 0.296. The molecule has 5 atom stereocenters. The summed E-state index contributed by atoms with van der Waals surface area (Å²) < 4.78 is 4.54. The van der Waals surface area contributed by atoms with E-state index < -0.39 is 36.8 Å². The Morgan fingerprint density at radius 1 is 1.29 bits per heavy atom. The van der Waals surface area contributed by atoms with E-state index in [0.717, 1.165) is 0 Å². The number of carbonyl (C=O) groups is 1. The van der Waals surface area contributed by atoms with Gasteiger partial charge >= 0.3 is 0 Å². The number of rotatable bonds is 2. The van der Waals surface area contributed by atoms with Crippen LogP contribution in [0.2, 0.25) is 0 Å². The third kappa shape index (κ3) is 1.65. The fourth-order valence-corrected chi connectivity index (χ4v) is 1.28. The fraction of sp³-hybridized carbons (Fsp3) is 0.857. The number of aliphatic hydroxyl groups excluding tert-OH is 4. The molecule has 82 valence electrons. The van der Waals surface area contributed by atoms with E-state index in [-0.39, 0.29) is 6.29 Å². The summed E-state index contributed by atoms with van der Waals surface area (Å²) in [6.07, 6.45) is -6.68. The number of aldehydes is 1. The molecule has 0 bridgehead atoms. The first-order valence-electron chi connectivity index (χ1n) is 3.98. The minimum Gasteiger partial charge on any atom is -0.394 e. The van der Waals surface area contributed by atoms with Crippen LogP contribution in [0, 0.1) is 0 Å². The van der Waals surface area contributed by atoms with E-state index in [1.165, 1.54) is 0 Å². The highest BCUT2D eigenvalue weighted by atomic mass is 16.7. The molecule has 1 heterocycles. The molecule has 0 aromatic rings. The van der Waals surface area contributed by atoms with Gasteiger partial charge in [-0.2, -0.15) is 0 Å². The van der Waals surface area contributed by atoms with Gasteiger partial charge in [-0.1, -0.05) is 0 Å². The molecular weight excluding hydrogens is 196 g/mol. The van der Waals surface area contributed by atoms with Crippen LogP contribution in [0.3, 0.4) is 0 Å². The van der Waals surface area contributed by atoms with Gasteiger partial charge in [0.1, 0.15) is 24.4 Å². The highest BCUT2D eigenvalue weighted by Gasteiger charge is 2.52. The van der Waals surface area contributed by atoms with Crippen molar-refractivity contribution in [3.8, 4) is 0 Å². The predicted molar refractivity (Wildman–Crippen MR) is 41.0 cm³/mol. The van der Waals surface area contributed by atoms with Gasteiger partial charge in [-0.15, -0.1) is 0 Å². The standard InChI is InChI=1S/C7H12O7/c8-1-3-4(10)5(11)6(12)7(13,2-9)14-3/h2-6,8,10-13H,1H2/t3-,4-,5+,6-,7-/m1/s1. The Kier molecular flexibility index (Phi) is 3.20. The van der Waals surface area contributed by atoms with Gasteiger partial charge < -0.3 is 30.3 Å². The van der Waals surface area contributed by atoms with Crippen molar-refractivity contribution >= 4 is 6.29 Å². The van der Waals surface area contributed by atoms with Crippen LogP contribution in [0.4, 0.5) is 0 Å². The zero-order valence-electron chi connectivity index (χ0n) is 7.15. The molecule has 0 amide bonds. The maximum atomic E-state index is 10.4. The largest absolute Gasteiger partial charge is 0.394 e. The topological polar surface area (TPSA) is 127 Å². The van der Waals surface area contributed by atoms with Gasteiger partial charge in [0.2, 0.25) is 0 Å². The van der Waals surface area contributed by atoms with E-state index in [1.807, 2.05) is 0 Å². The molecular formula is C7H12O7. The molecule has 1 aliphatic rings. The van der Waals surface area contributed by atoms with E-state index in [0.29, 0.717) is 0 Å². The summed E-state index contributed by atoms with van der Waals surface area (Å²) in [5.41, 5.74) is 0. The third-order valence-corrected chi connectivity index (χ3v) is 2.17. The Hall–Kier alpha value is -0.570. The highest BCUT2D eigenvalue weighted by Crippen LogP contribution is 2.26. The van der Waals surface area contributed by atoms with E-state index in [4.69, 9.17) is 5.11 Å². The van der Waals surface area contributed by atoms with Gasteiger partial charge in [0.05, 0.1) is 6.61 Å². The summed E-state index contributed by atoms with van der Waals surface area (Å²) in [7, 11) is 0.